The molecule has 0 bridgehead atoms. The molecule has 1 heterocycles. The molecule has 0 spiro atoms. The highest BCUT2D eigenvalue weighted by Crippen LogP contribution is 2.09. The van der Waals surface area contributed by atoms with Gasteiger partial charge in [-0.2, -0.15) is 0 Å². The molecule has 2 nitrogen and oxygen atoms in total. The predicted octanol–water partition coefficient (Wildman–Crippen LogP) is 2.99. The number of hydrogen-bond donors (Lipinski definition) is 0. The summed E-state index contributed by atoms with van der Waals surface area (Å²) in [5, 5.41) is 0. The van der Waals surface area contributed by atoms with Crippen LogP contribution < -0.4 is 0 Å². The third-order valence-corrected chi connectivity index (χ3v) is 2.28. The molecule has 0 aromatic rings. The van der Waals surface area contributed by atoms with Gasteiger partial charge < -0.3 is 4.74 Å². The van der Waals surface area contributed by atoms with Crippen LogP contribution in [-0.2, 0) is 9.53 Å². The second-order valence-corrected chi connectivity index (χ2v) is 3.67. The average molecular weight is 194 g/mol. The molecule has 1 aliphatic rings. The molecule has 0 saturated carbocycles. The summed E-state index contributed by atoms with van der Waals surface area (Å²) >= 11 is 0. The van der Waals surface area contributed by atoms with Crippen LogP contribution in [-0.4, -0.2) is 12.1 Å². The fourth-order valence-electron chi connectivity index (χ4n) is 1.48. The second-order valence-electron chi connectivity index (χ2n) is 3.67. The van der Waals surface area contributed by atoms with Crippen molar-refractivity contribution in [3.05, 3.63) is 24.3 Å². The summed E-state index contributed by atoms with van der Waals surface area (Å²) in [5.41, 5.74) is 0. The fraction of sp³-hybridized carbons (Fsp3) is 0.583. The van der Waals surface area contributed by atoms with Crippen molar-refractivity contribution < 1.29 is 9.53 Å². The number of carbonyl (C=O) groups is 1. The Morgan fingerprint density at radius 3 is 3.00 bits per heavy atom. The minimum absolute atomic E-state index is 0.0514. The van der Waals surface area contributed by atoms with Gasteiger partial charge in [-0.3, -0.25) is 0 Å². The van der Waals surface area contributed by atoms with Crippen LogP contribution in [0, 0.1) is 0 Å². The first-order valence-electron chi connectivity index (χ1n) is 5.33. The van der Waals surface area contributed by atoms with Gasteiger partial charge in [0.1, 0.15) is 0 Å². The van der Waals surface area contributed by atoms with E-state index in [0.717, 1.165) is 19.3 Å². The van der Waals surface area contributed by atoms with Crippen LogP contribution in [0.4, 0.5) is 0 Å². The van der Waals surface area contributed by atoms with E-state index in [0.29, 0.717) is 0 Å². The normalized spacial score (nSPS) is 24.9. The van der Waals surface area contributed by atoms with E-state index in [-0.39, 0.29) is 12.1 Å². The third kappa shape index (κ3) is 4.85. The van der Waals surface area contributed by atoms with Crippen molar-refractivity contribution >= 4 is 5.97 Å². The van der Waals surface area contributed by atoms with Gasteiger partial charge in [0.15, 0.2) is 0 Å². The van der Waals surface area contributed by atoms with Crippen molar-refractivity contribution in [3.63, 3.8) is 0 Å². The lowest BCUT2D eigenvalue weighted by atomic mass is 10.1. The topological polar surface area (TPSA) is 26.3 Å². The van der Waals surface area contributed by atoms with Gasteiger partial charge in [0.25, 0.3) is 0 Å². The van der Waals surface area contributed by atoms with Crippen LogP contribution in [0.15, 0.2) is 24.3 Å². The van der Waals surface area contributed by atoms with E-state index >= 15 is 0 Å². The number of cyclic esters (lactones) is 1. The van der Waals surface area contributed by atoms with Crippen LogP contribution in [0.5, 0.6) is 0 Å². The number of rotatable bonds is 0. The maximum Gasteiger partial charge on any atom is 0.331 e. The highest BCUT2D eigenvalue weighted by Gasteiger charge is 2.06. The molecule has 2 heteroatoms. The summed E-state index contributed by atoms with van der Waals surface area (Å²) in [4.78, 5) is 11.2. The van der Waals surface area contributed by atoms with E-state index in [1.54, 1.807) is 6.08 Å². The van der Waals surface area contributed by atoms with Gasteiger partial charge in [0.05, 0.1) is 6.10 Å². The standard InChI is InChI=1S/C12H18O2/c1-11-9-7-5-3-2-4-6-8-10-12(13)14-11/h4,6,8,10-11H,2-3,5,7,9H2,1H3/t11-/m1/s1. The number of ether oxygens (including phenoxy) is 1. The van der Waals surface area contributed by atoms with E-state index < -0.39 is 0 Å². The molecule has 78 valence electrons. The molecule has 0 unspecified atom stereocenters. The smallest absolute Gasteiger partial charge is 0.331 e. The molecule has 1 aliphatic heterocycles. The molecule has 14 heavy (non-hydrogen) atoms. The number of esters is 1. The highest BCUT2D eigenvalue weighted by atomic mass is 16.5. The maximum atomic E-state index is 11.2. The Kier molecular flexibility index (Phi) is 5.05. The molecule has 0 aromatic heterocycles. The summed E-state index contributed by atoms with van der Waals surface area (Å²) in [5.74, 6) is -0.234. The first kappa shape index (κ1) is 11.0. The lowest BCUT2D eigenvalue weighted by Gasteiger charge is -2.11. The molecule has 1 rings (SSSR count). The Bertz CT molecular complexity index is 228. The summed E-state index contributed by atoms with van der Waals surface area (Å²) in [6, 6.07) is 0. The maximum absolute atomic E-state index is 11.2. The van der Waals surface area contributed by atoms with Crippen molar-refractivity contribution in [2.24, 2.45) is 0 Å². The monoisotopic (exact) mass is 194 g/mol. The Hall–Kier alpha value is -1.05. The number of hydrogen-bond acceptors (Lipinski definition) is 2. The van der Waals surface area contributed by atoms with Crippen LogP contribution in [0.3, 0.4) is 0 Å². The fourth-order valence-corrected chi connectivity index (χ4v) is 1.48. The lowest BCUT2D eigenvalue weighted by molar-refractivity contribution is -0.142. The third-order valence-electron chi connectivity index (χ3n) is 2.28. The molecular formula is C12H18O2. The molecule has 0 N–H and O–H groups in total. The van der Waals surface area contributed by atoms with Crippen LogP contribution >= 0.6 is 0 Å². The van der Waals surface area contributed by atoms with Crippen molar-refractivity contribution in [2.45, 2.75) is 45.1 Å². The van der Waals surface area contributed by atoms with E-state index in [9.17, 15) is 4.79 Å². The largest absolute Gasteiger partial charge is 0.460 e. The minimum Gasteiger partial charge on any atom is -0.460 e. The number of carbonyl (C=O) groups excluding carboxylic acids is 1. The van der Waals surface area contributed by atoms with E-state index in [2.05, 4.69) is 6.08 Å². The van der Waals surface area contributed by atoms with E-state index in [4.69, 9.17) is 4.74 Å². The summed E-state index contributed by atoms with van der Waals surface area (Å²) in [6.45, 7) is 1.95. The van der Waals surface area contributed by atoms with Crippen molar-refractivity contribution in [3.8, 4) is 0 Å². The van der Waals surface area contributed by atoms with E-state index in [1.807, 2.05) is 13.0 Å². The lowest BCUT2D eigenvalue weighted by Crippen LogP contribution is -2.12. The zero-order valence-electron chi connectivity index (χ0n) is 8.74. The molecule has 0 aromatic carbocycles. The summed E-state index contributed by atoms with van der Waals surface area (Å²) in [6.07, 6.45) is 13.0. The van der Waals surface area contributed by atoms with Crippen molar-refractivity contribution in [1.82, 2.24) is 0 Å². The van der Waals surface area contributed by atoms with Gasteiger partial charge in [-0.15, -0.1) is 0 Å². The first-order chi connectivity index (χ1) is 6.79. The highest BCUT2D eigenvalue weighted by molar-refractivity contribution is 5.82. The first-order valence-corrected chi connectivity index (χ1v) is 5.33. The van der Waals surface area contributed by atoms with Gasteiger partial charge >= 0.3 is 5.97 Å². The second kappa shape index (κ2) is 6.41. The van der Waals surface area contributed by atoms with Gasteiger partial charge in [0.2, 0.25) is 0 Å². The minimum atomic E-state index is -0.234. The molecule has 0 aliphatic carbocycles. The zero-order chi connectivity index (χ0) is 10.2. The Morgan fingerprint density at radius 1 is 1.29 bits per heavy atom. The van der Waals surface area contributed by atoms with Crippen molar-refractivity contribution in [2.75, 3.05) is 0 Å². The van der Waals surface area contributed by atoms with Gasteiger partial charge in [-0.25, -0.2) is 4.79 Å². The molecule has 1 atom stereocenters. The van der Waals surface area contributed by atoms with Crippen LogP contribution in [0.2, 0.25) is 0 Å². The summed E-state index contributed by atoms with van der Waals surface area (Å²) < 4.78 is 5.16. The van der Waals surface area contributed by atoms with Crippen LogP contribution in [0.1, 0.15) is 39.0 Å². The summed E-state index contributed by atoms with van der Waals surface area (Å²) in [7, 11) is 0. The van der Waals surface area contributed by atoms with Gasteiger partial charge in [0, 0.05) is 6.08 Å². The molecule has 0 fully saturated rings. The Balaban J connectivity index is 2.47. The molecule has 0 saturated heterocycles. The average Bonchev–Trinajstić information content (AvgIpc) is 2.13. The van der Waals surface area contributed by atoms with Crippen molar-refractivity contribution in [1.29, 1.82) is 0 Å². The quantitative estimate of drug-likeness (QED) is 0.554. The van der Waals surface area contributed by atoms with Gasteiger partial charge in [-0.1, -0.05) is 24.6 Å². The zero-order valence-corrected chi connectivity index (χ0v) is 8.74. The van der Waals surface area contributed by atoms with Crippen LogP contribution in [0.25, 0.3) is 0 Å². The molecule has 0 amide bonds. The predicted molar refractivity (Wildman–Crippen MR) is 56.9 cm³/mol. The molecular weight excluding hydrogens is 176 g/mol. The SMILES string of the molecule is C[C@@H]1CCCCCC=CC=CC(=O)O1. The number of allylic oxidation sites excluding steroid dienone is 3. The van der Waals surface area contributed by atoms with E-state index in [1.165, 1.54) is 18.9 Å². The molecule has 0 radical (unpaired) electrons. The van der Waals surface area contributed by atoms with Gasteiger partial charge in [-0.05, 0) is 32.6 Å². The Labute approximate surface area is 85.6 Å². The Morgan fingerprint density at radius 2 is 2.14 bits per heavy atom.